The van der Waals surface area contributed by atoms with Gasteiger partial charge < -0.3 is 20.3 Å². The molecule has 6 heteroatoms. The van der Waals surface area contributed by atoms with Crippen LogP contribution in [0.3, 0.4) is 0 Å². The molecule has 1 saturated heterocycles. The molecule has 2 amide bonds. The van der Waals surface area contributed by atoms with E-state index < -0.39 is 0 Å². The Bertz CT molecular complexity index is 317. The second-order valence-electron chi connectivity index (χ2n) is 5.42. The lowest BCUT2D eigenvalue weighted by Gasteiger charge is -2.27. The topological polar surface area (TPSA) is 70.7 Å². The van der Waals surface area contributed by atoms with E-state index >= 15 is 0 Å². The van der Waals surface area contributed by atoms with E-state index in [1.807, 2.05) is 11.8 Å². The van der Waals surface area contributed by atoms with Gasteiger partial charge in [0.2, 0.25) is 11.8 Å². The quantitative estimate of drug-likeness (QED) is 0.609. The first kappa shape index (κ1) is 17.9. The van der Waals surface area contributed by atoms with Crippen LogP contribution in [0.25, 0.3) is 0 Å². The predicted molar refractivity (Wildman–Crippen MR) is 82.0 cm³/mol. The number of hydrogen-bond donors (Lipinski definition) is 2. The second-order valence-corrected chi connectivity index (χ2v) is 5.42. The Balaban J connectivity index is 2.09. The number of carbonyl (C=O) groups excluding carboxylic acids is 2. The van der Waals surface area contributed by atoms with Crippen LogP contribution in [0.1, 0.15) is 39.5 Å². The summed E-state index contributed by atoms with van der Waals surface area (Å²) in [6.07, 6.45) is 3.72. The van der Waals surface area contributed by atoms with Crippen LogP contribution >= 0.6 is 0 Å². The third-order valence-electron chi connectivity index (χ3n) is 3.63. The number of carbonyl (C=O) groups is 2. The van der Waals surface area contributed by atoms with Gasteiger partial charge in [0.25, 0.3) is 0 Å². The van der Waals surface area contributed by atoms with Crippen molar-refractivity contribution in [3.63, 3.8) is 0 Å². The first-order valence-corrected chi connectivity index (χ1v) is 8.01. The zero-order valence-electron chi connectivity index (χ0n) is 13.3. The van der Waals surface area contributed by atoms with Gasteiger partial charge in [-0.25, -0.2) is 0 Å². The smallest absolute Gasteiger partial charge is 0.236 e. The van der Waals surface area contributed by atoms with Gasteiger partial charge in [0.1, 0.15) is 0 Å². The lowest BCUT2D eigenvalue weighted by molar-refractivity contribution is -0.135. The Kier molecular flexibility index (Phi) is 9.01. The van der Waals surface area contributed by atoms with E-state index in [1.54, 1.807) is 0 Å². The Morgan fingerprint density at radius 2 is 1.90 bits per heavy atom. The molecule has 2 N–H and O–H groups in total. The van der Waals surface area contributed by atoms with Crippen molar-refractivity contribution in [1.29, 1.82) is 0 Å². The van der Waals surface area contributed by atoms with Gasteiger partial charge in [-0.3, -0.25) is 9.59 Å². The number of nitrogens with one attached hydrogen (secondary N) is 2. The minimum absolute atomic E-state index is 0.00456. The Hall–Kier alpha value is -1.14. The van der Waals surface area contributed by atoms with Gasteiger partial charge >= 0.3 is 0 Å². The molecule has 1 aliphatic heterocycles. The third kappa shape index (κ3) is 7.43. The van der Waals surface area contributed by atoms with Gasteiger partial charge in [0, 0.05) is 32.6 Å². The average molecular weight is 299 g/mol. The summed E-state index contributed by atoms with van der Waals surface area (Å²) in [5, 5.41) is 6.01. The van der Waals surface area contributed by atoms with Crippen LogP contribution < -0.4 is 10.6 Å². The van der Waals surface area contributed by atoms with Crippen LogP contribution in [-0.4, -0.2) is 62.1 Å². The van der Waals surface area contributed by atoms with Crippen molar-refractivity contribution in [3.8, 4) is 0 Å². The van der Waals surface area contributed by atoms with Crippen LogP contribution in [0.4, 0.5) is 0 Å². The molecule has 0 aromatic carbocycles. The van der Waals surface area contributed by atoms with Crippen molar-refractivity contribution in [2.45, 2.75) is 45.6 Å². The highest BCUT2D eigenvalue weighted by Gasteiger charge is 2.17. The number of rotatable bonds is 9. The van der Waals surface area contributed by atoms with Gasteiger partial charge in [-0.15, -0.1) is 0 Å². The summed E-state index contributed by atoms with van der Waals surface area (Å²) in [4.78, 5) is 25.5. The van der Waals surface area contributed by atoms with E-state index in [0.29, 0.717) is 39.3 Å². The SMILES string of the molecule is CCCCCNC(=O)C(C)NCCC(=O)N1CCOCC1. The molecule has 0 saturated carbocycles. The molecule has 0 spiro atoms. The number of morpholine rings is 1. The first-order chi connectivity index (χ1) is 10.1. The van der Waals surface area contributed by atoms with Gasteiger partial charge in [-0.2, -0.15) is 0 Å². The molecule has 0 bridgehead atoms. The highest BCUT2D eigenvalue weighted by molar-refractivity contribution is 5.81. The summed E-state index contributed by atoms with van der Waals surface area (Å²) in [6, 6.07) is -0.260. The van der Waals surface area contributed by atoms with Gasteiger partial charge in [0.05, 0.1) is 19.3 Å². The van der Waals surface area contributed by atoms with Crippen LogP contribution in [0.2, 0.25) is 0 Å². The molecule has 0 aromatic heterocycles. The fourth-order valence-electron chi connectivity index (χ4n) is 2.20. The van der Waals surface area contributed by atoms with Gasteiger partial charge in [-0.05, 0) is 13.3 Å². The second kappa shape index (κ2) is 10.6. The molecule has 0 aromatic rings. The molecule has 0 radical (unpaired) electrons. The number of ether oxygens (including phenoxy) is 1. The molecule has 21 heavy (non-hydrogen) atoms. The normalized spacial score (nSPS) is 16.6. The summed E-state index contributed by atoms with van der Waals surface area (Å²) in [7, 11) is 0. The minimum Gasteiger partial charge on any atom is -0.378 e. The van der Waals surface area contributed by atoms with E-state index in [0.717, 1.165) is 25.8 Å². The molecule has 1 fully saturated rings. The predicted octanol–water partition coefficient (Wildman–Crippen LogP) is 0.520. The molecule has 6 nitrogen and oxygen atoms in total. The van der Waals surface area contributed by atoms with E-state index in [9.17, 15) is 9.59 Å². The highest BCUT2D eigenvalue weighted by atomic mass is 16.5. The zero-order valence-corrected chi connectivity index (χ0v) is 13.3. The van der Waals surface area contributed by atoms with Crippen molar-refractivity contribution >= 4 is 11.8 Å². The average Bonchev–Trinajstić information content (AvgIpc) is 2.52. The lowest BCUT2D eigenvalue weighted by Crippen LogP contribution is -2.45. The number of amides is 2. The van der Waals surface area contributed by atoms with Gasteiger partial charge in [0.15, 0.2) is 0 Å². The molecule has 1 aliphatic rings. The minimum atomic E-state index is -0.260. The molecular weight excluding hydrogens is 270 g/mol. The number of hydrogen-bond acceptors (Lipinski definition) is 4. The van der Waals surface area contributed by atoms with E-state index in [-0.39, 0.29) is 17.9 Å². The zero-order chi connectivity index (χ0) is 15.5. The third-order valence-corrected chi connectivity index (χ3v) is 3.63. The summed E-state index contributed by atoms with van der Waals surface area (Å²) in [5.74, 6) is 0.131. The van der Waals surface area contributed by atoms with Crippen molar-refractivity contribution < 1.29 is 14.3 Å². The van der Waals surface area contributed by atoms with E-state index in [1.165, 1.54) is 0 Å². The molecule has 1 heterocycles. The summed E-state index contributed by atoms with van der Waals surface area (Å²) in [5.41, 5.74) is 0. The Morgan fingerprint density at radius 1 is 1.19 bits per heavy atom. The maximum atomic E-state index is 11.9. The summed E-state index contributed by atoms with van der Waals surface area (Å²) < 4.78 is 5.22. The lowest BCUT2D eigenvalue weighted by atomic mass is 10.2. The van der Waals surface area contributed by atoms with Gasteiger partial charge in [-0.1, -0.05) is 19.8 Å². The molecule has 0 aliphatic carbocycles. The maximum absolute atomic E-state index is 11.9. The van der Waals surface area contributed by atoms with Crippen molar-refractivity contribution in [1.82, 2.24) is 15.5 Å². The van der Waals surface area contributed by atoms with Crippen molar-refractivity contribution in [2.75, 3.05) is 39.4 Å². The molecule has 1 rings (SSSR count). The van der Waals surface area contributed by atoms with Crippen LogP contribution in [0.5, 0.6) is 0 Å². The summed E-state index contributed by atoms with van der Waals surface area (Å²) >= 11 is 0. The molecule has 1 atom stereocenters. The molecule has 122 valence electrons. The fourth-order valence-corrected chi connectivity index (χ4v) is 2.20. The van der Waals surface area contributed by atoms with Crippen LogP contribution in [-0.2, 0) is 14.3 Å². The van der Waals surface area contributed by atoms with E-state index in [4.69, 9.17) is 4.74 Å². The molecular formula is C15H29N3O3. The highest BCUT2D eigenvalue weighted by Crippen LogP contribution is 1.99. The number of nitrogens with zero attached hydrogens (tertiary/aromatic N) is 1. The van der Waals surface area contributed by atoms with Crippen molar-refractivity contribution in [2.24, 2.45) is 0 Å². The Morgan fingerprint density at radius 3 is 2.57 bits per heavy atom. The number of unbranched alkanes of at least 4 members (excludes halogenated alkanes) is 2. The molecule has 1 unspecified atom stereocenters. The van der Waals surface area contributed by atoms with Crippen LogP contribution in [0, 0.1) is 0 Å². The maximum Gasteiger partial charge on any atom is 0.236 e. The van der Waals surface area contributed by atoms with E-state index in [2.05, 4.69) is 17.6 Å². The monoisotopic (exact) mass is 299 g/mol. The van der Waals surface area contributed by atoms with Crippen molar-refractivity contribution in [3.05, 3.63) is 0 Å². The Labute approximate surface area is 127 Å². The standard InChI is InChI=1S/C15H29N3O3/c1-3-4-5-7-17-15(20)13(2)16-8-6-14(19)18-9-11-21-12-10-18/h13,16H,3-12H2,1-2H3,(H,17,20). The summed E-state index contributed by atoms with van der Waals surface area (Å²) in [6.45, 7) is 7.81. The largest absolute Gasteiger partial charge is 0.378 e. The van der Waals surface area contributed by atoms with Crippen LogP contribution in [0.15, 0.2) is 0 Å². The fraction of sp³-hybridized carbons (Fsp3) is 0.867. The first-order valence-electron chi connectivity index (χ1n) is 8.01.